The van der Waals surface area contributed by atoms with Crippen LogP contribution < -0.4 is 5.32 Å². The maximum Gasteiger partial charge on any atom is 0.322 e. The Morgan fingerprint density at radius 3 is 2.28 bits per heavy atom. The van der Waals surface area contributed by atoms with Gasteiger partial charge in [0.25, 0.3) is 0 Å². The van der Waals surface area contributed by atoms with Gasteiger partial charge in [0.15, 0.2) is 0 Å². The zero-order valence-electron chi connectivity index (χ0n) is 19.0. The van der Waals surface area contributed by atoms with Crippen LogP contribution in [0, 0.1) is 0 Å². The lowest BCUT2D eigenvalue weighted by atomic mass is 10.1. The average molecular weight is 435 g/mol. The van der Waals surface area contributed by atoms with E-state index in [0.717, 1.165) is 36.3 Å². The van der Waals surface area contributed by atoms with Crippen LogP contribution in [0.3, 0.4) is 0 Å². The maximum atomic E-state index is 12.9. The van der Waals surface area contributed by atoms with Gasteiger partial charge in [-0.25, -0.2) is 4.79 Å². The minimum Gasteiger partial charge on any atom is -0.339 e. The van der Waals surface area contributed by atoms with E-state index in [0.29, 0.717) is 13.1 Å². The van der Waals surface area contributed by atoms with Crippen molar-refractivity contribution in [2.75, 3.05) is 44.6 Å². The molecular weight excluding hydrogens is 400 g/mol. The van der Waals surface area contributed by atoms with Gasteiger partial charge in [-0.05, 0) is 69.1 Å². The number of piperazine rings is 1. The van der Waals surface area contributed by atoms with Crippen molar-refractivity contribution in [1.82, 2.24) is 14.7 Å². The summed E-state index contributed by atoms with van der Waals surface area (Å²) in [7, 11) is 0. The molecule has 0 radical (unpaired) electrons. The number of carbonyl (C=O) groups is 2. The fourth-order valence-electron chi connectivity index (χ4n) is 4.67. The first-order chi connectivity index (χ1) is 15.6. The van der Waals surface area contributed by atoms with Gasteiger partial charge in [0, 0.05) is 25.3 Å². The Morgan fingerprint density at radius 2 is 1.56 bits per heavy atom. The summed E-state index contributed by atoms with van der Waals surface area (Å²) in [6.45, 7) is 7.19. The first-order valence-electron chi connectivity index (χ1n) is 11.9. The number of rotatable bonds is 6. The van der Waals surface area contributed by atoms with Crippen LogP contribution in [0.4, 0.5) is 10.5 Å². The number of urea groups is 1. The molecule has 32 heavy (non-hydrogen) atoms. The van der Waals surface area contributed by atoms with Crippen LogP contribution in [0.25, 0.3) is 11.1 Å². The van der Waals surface area contributed by atoms with Crippen LogP contribution in [0.5, 0.6) is 0 Å². The van der Waals surface area contributed by atoms with E-state index in [-0.39, 0.29) is 11.9 Å². The zero-order valence-corrected chi connectivity index (χ0v) is 19.0. The Kier molecular flexibility index (Phi) is 7.43. The minimum atomic E-state index is -0.442. The van der Waals surface area contributed by atoms with Crippen LogP contribution in [-0.2, 0) is 4.79 Å². The molecule has 0 saturated carbocycles. The second kappa shape index (κ2) is 10.6. The Balaban J connectivity index is 1.27. The Bertz CT molecular complexity index is 894. The highest BCUT2D eigenvalue weighted by Crippen LogP contribution is 2.22. The number of likely N-dealkylation sites (tertiary alicyclic amines) is 1. The smallest absolute Gasteiger partial charge is 0.322 e. The Labute approximate surface area is 191 Å². The SMILES string of the molecule is C[C@H]1C(=O)N(CCCN2CCCCC2)CCN1C(=O)Nc1ccc(-c2ccccc2)cc1. The first kappa shape index (κ1) is 22.3. The normalized spacial score (nSPS) is 19.8. The number of anilines is 1. The molecule has 0 aromatic heterocycles. The molecule has 2 aliphatic rings. The minimum absolute atomic E-state index is 0.0458. The third kappa shape index (κ3) is 5.49. The fraction of sp³-hybridized carbons (Fsp3) is 0.462. The van der Waals surface area contributed by atoms with Gasteiger partial charge in [-0.2, -0.15) is 0 Å². The monoisotopic (exact) mass is 434 g/mol. The maximum absolute atomic E-state index is 12.9. The predicted molar refractivity (Wildman–Crippen MR) is 129 cm³/mol. The van der Waals surface area contributed by atoms with Crippen molar-refractivity contribution in [3.63, 3.8) is 0 Å². The van der Waals surface area contributed by atoms with E-state index in [9.17, 15) is 9.59 Å². The molecule has 1 atom stereocenters. The van der Waals surface area contributed by atoms with E-state index in [1.807, 2.05) is 54.3 Å². The second-order valence-electron chi connectivity index (χ2n) is 8.82. The molecule has 4 rings (SSSR count). The van der Waals surface area contributed by atoms with Crippen LogP contribution in [0.15, 0.2) is 54.6 Å². The van der Waals surface area contributed by atoms with E-state index in [1.54, 1.807) is 4.90 Å². The van der Waals surface area contributed by atoms with Gasteiger partial charge in [0.2, 0.25) is 5.91 Å². The number of nitrogens with zero attached hydrogens (tertiary/aromatic N) is 3. The zero-order chi connectivity index (χ0) is 22.3. The molecule has 170 valence electrons. The van der Waals surface area contributed by atoms with Gasteiger partial charge >= 0.3 is 6.03 Å². The van der Waals surface area contributed by atoms with Gasteiger partial charge in [-0.3, -0.25) is 4.79 Å². The summed E-state index contributed by atoms with van der Waals surface area (Å²) < 4.78 is 0. The molecular formula is C26H34N4O2. The number of hydrogen-bond acceptors (Lipinski definition) is 3. The third-order valence-corrected chi connectivity index (χ3v) is 6.60. The number of nitrogens with one attached hydrogen (secondary N) is 1. The molecule has 2 saturated heterocycles. The molecule has 0 unspecified atom stereocenters. The summed E-state index contributed by atoms with van der Waals surface area (Å²) in [4.78, 5) is 31.8. The summed E-state index contributed by atoms with van der Waals surface area (Å²) >= 11 is 0. The molecule has 2 aromatic carbocycles. The fourth-order valence-corrected chi connectivity index (χ4v) is 4.67. The van der Waals surface area contributed by atoms with Gasteiger partial charge in [0.05, 0.1) is 0 Å². The van der Waals surface area contributed by atoms with Crippen molar-refractivity contribution in [3.8, 4) is 11.1 Å². The number of hydrogen-bond donors (Lipinski definition) is 1. The highest BCUT2D eigenvalue weighted by molar-refractivity contribution is 5.94. The van der Waals surface area contributed by atoms with Crippen LogP contribution >= 0.6 is 0 Å². The lowest BCUT2D eigenvalue weighted by molar-refractivity contribution is -0.139. The molecule has 6 nitrogen and oxygen atoms in total. The first-order valence-corrected chi connectivity index (χ1v) is 11.9. The van der Waals surface area contributed by atoms with E-state index < -0.39 is 6.04 Å². The largest absolute Gasteiger partial charge is 0.339 e. The van der Waals surface area contributed by atoms with Crippen LogP contribution in [-0.4, -0.2) is 71.9 Å². The van der Waals surface area contributed by atoms with Gasteiger partial charge in [-0.1, -0.05) is 48.9 Å². The molecule has 0 bridgehead atoms. The Hall–Kier alpha value is -2.86. The van der Waals surface area contributed by atoms with Gasteiger partial charge in [-0.15, -0.1) is 0 Å². The molecule has 0 spiro atoms. The summed E-state index contributed by atoms with van der Waals surface area (Å²) in [6, 6.07) is 17.3. The van der Waals surface area contributed by atoms with Crippen molar-refractivity contribution in [2.45, 2.75) is 38.6 Å². The molecule has 6 heteroatoms. The highest BCUT2D eigenvalue weighted by Gasteiger charge is 2.34. The highest BCUT2D eigenvalue weighted by atomic mass is 16.2. The van der Waals surface area contributed by atoms with Crippen LogP contribution in [0.2, 0.25) is 0 Å². The lowest BCUT2D eigenvalue weighted by Gasteiger charge is -2.39. The molecule has 2 aromatic rings. The molecule has 1 N–H and O–H groups in total. The molecule has 3 amide bonds. The number of piperidine rings is 1. The van der Waals surface area contributed by atoms with Gasteiger partial charge in [0.1, 0.15) is 6.04 Å². The van der Waals surface area contributed by atoms with Crippen molar-refractivity contribution in [2.24, 2.45) is 0 Å². The van der Waals surface area contributed by atoms with Crippen LogP contribution in [0.1, 0.15) is 32.6 Å². The molecule has 0 aliphatic carbocycles. The average Bonchev–Trinajstić information content (AvgIpc) is 2.83. The number of amides is 3. The third-order valence-electron chi connectivity index (χ3n) is 6.60. The Morgan fingerprint density at radius 1 is 0.875 bits per heavy atom. The van der Waals surface area contributed by atoms with Crippen molar-refractivity contribution < 1.29 is 9.59 Å². The molecule has 2 aliphatic heterocycles. The topological polar surface area (TPSA) is 55.9 Å². The van der Waals surface area contributed by atoms with Crippen molar-refractivity contribution in [3.05, 3.63) is 54.6 Å². The van der Waals surface area contributed by atoms with E-state index >= 15 is 0 Å². The summed E-state index contributed by atoms with van der Waals surface area (Å²) in [5.41, 5.74) is 2.98. The summed E-state index contributed by atoms with van der Waals surface area (Å²) in [5, 5.41) is 2.95. The summed E-state index contributed by atoms with van der Waals surface area (Å²) in [6.07, 6.45) is 4.92. The lowest BCUT2D eigenvalue weighted by Crippen LogP contribution is -2.58. The quantitative estimate of drug-likeness (QED) is 0.738. The van der Waals surface area contributed by atoms with Crippen molar-refractivity contribution >= 4 is 17.6 Å². The number of benzene rings is 2. The van der Waals surface area contributed by atoms with Crippen molar-refractivity contribution in [1.29, 1.82) is 0 Å². The van der Waals surface area contributed by atoms with E-state index in [1.165, 1.54) is 32.4 Å². The van der Waals surface area contributed by atoms with E-state index in [4.69, 9.17) is 0 Å². The molecule has 2 heterocycles. The summed E-state index contributed by atoms with van der Waals surface area (Å²) in [5.74, 6) is 0.0458. The van der Waals surface area contributed by atoms with E-state index in [2.05, 4.69) is 22.3 Å². The molecule has 2 fully saturated rings. The van der Waals surface area contributed by atoms with Gasteiger partial charge < -0.3 is 20.0 Å². The second-order valence-corrected chi connectivity index (χ2v) is 8.82. The predicted octanol–water partition coefficient (Wildman–Crippen LogP) is 4.29. The standard InChI is InChI=1S/C26H34N4O2/c1-21-25(31)29(18-8-17-28-15-6-3-7-16-28)19-20-30(21)26(32)27-24-13-11-23(12-14-24)22-9-4-2-5-10-22/h2,4-5,9-14,21H,3,6-8,15-20H2,1H3,(H,27,32)/t21-/m0/s1. The number of carbonyl (C=O) groups excluding carboxylic acids is 2.